The van der Waals surface area contributed by atoms with Crippen molar-refractivity contribution in [2.75, 3.05) is 23.9 Å². The Kier molecular flexibility index (Phi) is 3.71. The van der Waals surface area contributed by atoms with Gasteiger partial charge >= 0.3 is 0 Å². The molecule has 4 nitrogen and oxygen atoms in total. The molecule has 1 fully saturated rings. The second kappa shape index (κ2) is 5.06. The summed E-state index contributed by atoms with van der Waals surface area (Å²) >= 11 is 11.6. The zero-order chi connectivity index (χ0) is 11.5. The van der Waals surface area contributed by atoms with Crippen LogP contribution in [0.4, 0.5) is 5.82 Å². The van der Waals surface area contributed by atoms with Gasteiger partial charge in [-0.3, -0.25) is 4.79 Å². The predicted octanol–water partition coefficient (Wildman–Crippen LogP) is 1.88. The summed E-state index contributed by atoms with van der Waals surface area (Å²) in [5.74, 6) is 1.84. The van der Waals surface area contributed by atoms with E-state index in [1.165, 1.54) is 6.33 Å². The van der Waals surface area contributed by atoms with Gasteiger partial charge in [0.05, 0.1) is 6.33 Å². The van der Waals surface area contributed by atoms with Crippen molar-refractivity contribution in [1.29, 1.82) is 0 Å². The summed E-state index contributed by atoms with van der Waals surface area (Å²) in [7, 11) is 0. The molecule has 0 radical (unpaired) electrons. The predicted molar refractivity (Wildman–Crippen MR) is 65.5 cm³/mol. The van der Waals surface area contributed by atoms with E-state index in [2.05, 4.69) is 14.9 Å². The van der Waals surface area contributed by atoms with Gasteiger partial charge in [0, 0.05) is 19.0 Å². The van der Waals surface area contributed by atoms with E-state index in [1.807, 2.05) is 0 Å². The quantitative estimate of drug-likeness (QED) is 0.846. The number of aromatic amines is 1. The largest absolute Gasteiger partial charge is 0.355 e. The van der Waals surface area contributed by atoms with Gasteiger partial charge in [-0.15, -0.1) is 11.6 Å². The van der Waals surface area contributed by atoms with E-state index < -0.39 is 0 Å². The lowest BCUT2D eigenvalue weighted by molar-refractivity contribution is 0.572. The van der Waals surface area contributed by atoms with E-state index in [0.29, 0.717) is 17.6 Å². The number of nitrogens with zero attached hydrogens (tertiary/aromatic N) is 2. The molecular weight excluding hydrogens is 249 g/mol. The number of anilines is 1. The van der Waals surface area contributed by atoms with Crippen LogP contribution in [-0.4, -0.2) is 28.9 Å². The number of rotatable bonds is 3. The molecule has 1 saturated heterocycles. The molecule has 2 rings (SSSR count). The van der Waals surface area contributed by atoms with E-state index >= 15 is 0 Å². The van der Waals surface area contributed by atoms with Crippen molar-refractivity contribution in [1.82, 2.24) is 9.97 Å². The summed E-state index contributed by atoms with van der Waals surface area (Å²) in [5.41, 5.74) is -0.285. The highest BCUT2D eigenvalue weighted by Gasteiger charge is 2.25. The van der Waals surface area contributed by atoms with Crippen LogP contribution < -0.4 is 10.5 Å². The Morgan fingerprint density at radius 2 is 2.44 bits per heavy atom. The second-order valence-electron chi connectivity index (χ2n) is 3.95. The molecule has 1 aromatic rings. The molecule has 0 bridgehead atoms. The monoisotopic (exact) mass is 261 g/mol. The van der Waals surface area contributed by atoms with Gasteiger partial charge in [0.2, 0.25) is 0 Å². The van der Waals surface area contributed by atoms with Gasteiger partial charge in [-0.1, -0.05) is 11.6 Å². The van der Waals surface area contributed by atoms with E-state index in [4.69, 9.17) is 23.2 Å². The first-order valence-electron chi connectivity index (χ1n) is 5.26. The van der Waals surface area contributed by atoms with Crippen molar-refractivity contribution in [3.8, 4) is 0 Å². The van der Waals surface area contributed by atoms with E-state index in [0.717, 1.165) is 25.9 Å². The Balaban J connectivity index is 2.14. The molecule has 1 aromatic heterocycles. The molecule has 1 aliphatic heterocycles. The first-order chi connectivity index (χ1) is 7.72. The maximum Gasteiger partial charge on any atom is 0.271 e. The fourth-order valence-electron chi connectivity index (χ4n) is 2.01. The molecule has 2 heterocycles. The molecule has 0 spiro atoms. The zero-order valence-corrected chi connectivity index (χ0v) is 10.3. The van der Waals surface area contributed by atoms with Crippen LogP contribution in [0.1, 0.15) is 12.8 Å². The lowest BCUT2D eigenvalue weighted by Gasteiger charge is -2.17. The van der Waals surface area contributed by atoms with Gasteiger partial charge in [-0.25, -0.2) is 4.98 Å². The normalized spacial score (nSPS) is 20.4. The lowest BCUT2D eigenvalue weighted by Crippen LogP contribution is -2.24. The smallest absolute Gasteiger partial charge is 0.271 e. The molecule has 0 aliphatic carbocycles. The fraction of sp³-hybridized carbons (Fsp3) is 0.600. The minimum Gasteiger partial charge on any atom is -0.355 e. The Labute approximate surface area is 104 Å². The molecule has 16 heavy (non-hydrogen) atoms. The third-order valence-electron chi connectivity index (χ3n) is 2.88. The van der Waals surface area contributed by atoms with Crippen molar-refractivity contribution in [3.05, 3.63) is 21.7 Å². The van der Waals surface area contributed by atoms with Crippen LogP contribution in [0.25, 0.3) is 0 Å². The van der Waals surface area contributed by atoms with Crippen molar-refractivity contribution >= 4 is 29.0 Å². The number of hydrogen-bond donors (Lipinski definition) is 1. The summed E-state index contributed by atoms with van der Waals surface area (Å²) in [6.07, 6.45) is 3.47. The van der Waals surface area contributed by atoms with Crippen LogP contribution in [-0.2, 0) is 0 Å². The van der Waals surface area contributed by atoms with Crippen LogP contribution in [0.3, 0.4) is 0 Å². The van der Waals surface area contributed by atoms with Gasteiger partial charge < -0.3 is 9.88 Å². The standard InChI is InChI=1S/C10H13Cl2N3O/c11-3-1-7-2-4-15(5-7)9-8(12)10(16)14-6-13-9/h6-7H,1-5H2,(H,13,14,16). The van der Waals surface area contributed by atoms with E-state index in [1.54, 1.807) is 0 Å². The number of alkyl halides is 1. The molecule has 6 heteroatoms. The van der Waals surface area contributed by atoms with Crippen molar-refractivity contribution in [3.63, 3.8) is 0 Å². The lowest BCUT2D eigenvalue weighted by atomic mass is 10.1. The van der Waals surface area contributed by atoms with Crippen molar-refractivity contribution < 1.29 is 0 Å². The molecule has 1 aliphatic rings. The van der Waals surface area contributed by atoms with Crippen LogP contribution in [0.5, 0.6) is 0 Å². The zero-order valence-electron chi connectivity index (χ0n) is 8.75. The van der Waals surface area contributed by atoms with E-state index in [-0.39, 0.29) is 10.6 Å². The molecule has 0 aromatic carbocycles. The molecule has 1 unspecified atom stereocenters. The Morgan fingerprint density at radius 1 is 1.62 bits per heavy atom. The van der Waals surface area contributed by atoms with Crippen molar-refractivity contribution in [2.24, 2.45) is 5.92 Å². The number of aromatic nitrogens is 2. The molecule has 88 valence electrons. The number of H-pyrrole nitrogens is 1. The van der Waals surface area contributed by atoms with Gasteiger partial charge in [-0.05, 0) is 18.8 Å². The fourth-order valence-corrected chi connectivity index (χ4v) is 2.54. The third kappa shape index (κ3) is 2.33. The Morgan fingerprint density at radius 3 is 3.19 bits per heavy atom. The van der Waals surface area contributed by atoms with Gasteiger partial charge in [0.15, 0.2) is 5.82 Å². The van der Waals surface area contributed by atoms with Crippen LogP contribution in [0.15, 0.2) is 11.1 Å². The third-order valence-corrected chi connectivity index (χ3v) is 3.44. The maximum absolute atomic E-state index is 11.3. The summed E-state index contributed by atoms with van der Waals surface area (Å²) < 4.78 is 0. The average Bonchev–Trinajstić information content (AvgIpc) is 2.71. The average molecular weight is 262 g/mol. The highest BCUT2D eigenvalue weighted by molar-refractivity contribution is 6.32. The highest BCUT2D eigenvalue weighted by Crippen LogP contribution is 2.27. The second-order valence-corrected chi connectivity index (χ2v) is 4.70. The molecule has 0 saturated carbocycles. The van der Waals surface area contributed by atoms with Gasteiger partial charge in [-0.2, -0.15) is 0 Å². The van der Waals surface area contributed by atoms with Crippen LogP contribution in [0, 0.1) is 5.92 Å². The molecule has 0 amide bonds. The minimum atomic E-state index is -0.285. The summed E-state index contributed by atoms with van der Waals surface area (Å²) in [6.45, 7) is 1.76. The molecular formula is C10H13Cl2N3O. The Hall–Kier alpha value is -0.740. The van der Waals surface area contributed by atoms with Crippen LogP contribution >= 0.6 is 23.2 Å². The topological polar surface area (TPSA) is 49.0 Å². The van der Waals surface area contributed by atoms with Crippen molar-refractivity contribution in [2.45, 2.75) is 12.8 Å². The first kappa shape index (κ1) is 11.7. The maximum atomic E-state index is 11.3. The van der Waals surface area contributed by atoms with Gasteiger partial charge in [0.25, 0.3) is 5.56 Å². The summed E-state index contributed by atoms with van der Waals surface area (Å²) in [6, 6.07) is 0. The number of halogens is 2. The minimum absolute atomic E-state index is 0.175. The Bertz CT molecular complexity index is 421. The number of hydrogen-bond acceptors (Lipinski definition) is 3. The summed E-state index contributed by atoms with van der Waals surface area (Å²) in [5, 5.41) is 0.175. The summed E-state index contributed by atoms with van der Waals surface area (Å²) in [4.78, 5) is 20.0. The first-order valence-corrected chi connectivity index (χ1v) is 6.17. The van der Waals surface area contributed by atoms with E-state index in [9.17, 15) is 4.79 Å². The van der Waals surface area contributed by atoms with Crippen LogP contribution in [0.2, 0.25) is 5.02 Å². The highest BCUT2D eigenvalue weighted by atomic mass is 35.5. The molecule has 1 atom stereocenters. The SMILES string of the molecule is O=c1[nH]cnc(N2CCC(CCCl)C2)c1Cl. The number of nitrogens with one attached hydrogen (secondary N) is 1. The van der Waals surface area contributed by atoms with Gasteiger partial charge in [0.1, 0.15) is 5.02 Å². The molecule has 1 N–H and O–H groups in total.